The Morgan fingerprint density at radius 1 is 1.12 bits per heavy atom. The first-order valence-corrected chi connectivity index (χ1v) is 11.3. The second kappa shape index (κ2) is 10.1. The molecule has 1 aromatic carbocycles. The van der Waals surface area contributed by atoms with E-state index in [0.717, 1.165) is 12.5 Å². The fourth-order valence-electron chi connectivity index (χ4n) is 4.56. The molecule has 0 saturated carbocycles. The van der Waals surface area contributed by atoms with Crippen molar-refractivity contribution in [2.24, 2.45) is 5.92 Å². The summed E-state index contributed by atoms with van der Waals surface area (Å²) in [5.41, 5.74) is -0.972. The Labute approximate surface area is 196 Å². The molecule has 0 radical (unpaired) electrons. The second-order valence-electron chi connectivity index (χ2n) is 9.77. The highest BCUT2D eigenvalue weighted by Crippen LogP contribution is 2.32. The van der Waals surface area contributed by atoms with Gasteiger partial charge in [0.1, 0.15) is 11.4 Å². The zero-order chi connectivity index (χ0) is 25.2. The van der Waals surface area contributed by atoms with Gasteiger partial charge in [-0.3, -0.25) is 4.79 Å². The topological polar surface area (TPSA) is 91.0 Å². The van der Waals surface area contributed by atoms with Crippen LogP contribution in [0, 0.1) is 23.4 Å². The molecule has 0 spiro atoms. The number of ether oxygens (including phenoxy) is 1. The van der Waals surface area contributed by atoms with Crippen LogP contribution in [-0.2, 0) is 16.0 Å². The number of likely N-dealkylation sites (tertiary alicyclic amines) is 2. The first-order chi connectivity index (χ1) is 15.9. The van der Waals surface area contributed by atoms with Crippen molar-refractivity contribution in [2.75, 3.05) is 26.7 Å². The minimum Gasteiger partial charge on any atom is -0.444 e. The molecule has 1 aromatic rings. The Morgan fingerprint density at radius 2 is 1.79 bits per heavy atom. The average Bonchev–Trinajstić information content (AvgIpc) is 3.30. The summed E-state index contributed by atoms with van der Waals surface area (Å²) >= 11 is 0. The maximum atomic E-state index is 14.3. The predicted octanol–water partition coefficient (Wildman–Crippen LogP) is 2.80. The van der Waals surface area contributed by atoms with Gasteiger partial charge in [-0.15, -0.1) is 0 Å². The van der Waals surface area contributed by atoms with Crippen LogP contribution in [0.2, 0.25) is 0 Å². The number of halogens is 3. The molecule has 8 nitrogen and oxygen atoms in total. The number of nitrogens with one attached hydrogen (secondary N) is 2. The van der Waals surface area contributed by atoms with E-state index in [1.165, 1.54) is 0 Å². The molecule has 0 aromatic heterocycles. The van der Waals surface area contributed by atoms with Crippen LogP contribution in [0.15, 0.2) is 12.1 Å². The third-order valence-corrected chi connectivity index (χ3v) is 6.07. The van der Waals surface area contributed by atoms with Crippen LogP contribution in [0.5, 0.6) is 0 Å². The summed E-state index contributed by atoms with van der Waals surface area (Å²) in [7, 11) is 1.55. The zero-order valence-electron chi connectivity index (χ0n) is 19.8. The van der Waals surface area contributed by atoms with Gasteiger partial charge >= 0.3 is 12.1 Å². The maximum absolute atomic E-state index is 14.3. The number of amides is 4. The molecular weight excluding hydrogens is 453 g/mol. The largest absolute Gasteiger partial charge is 0.444 e. The molecular formula is C23H31F3N4O4. The second-order valence-corrected chi connectivity index (χ2v) is 9.77. The highest BCUT2D eigenvalue weighted by atomic mass is 19.2. The van der Waals surface area contributed by atoms with Gasteiger partial charge in [0, 0.05) is 51.1 Å². The fourth-order valence-corrected chi connectivity index (χ4v) is 4.56. The molecule has 0 unspecified atom stereocenters. The van der Waals surface area contributed by atoms with Gasteiger partial charge < -0.3 is 25.2 Å². The van der Waals surface area contributed by atoms with Crippen molar-refractivity contribution in [3.8, 4) is 0 Å². The molecule has 2 N–H and O–H groups in total. The van der Waals surface area contributed by atoms with E-state index in [0.29, 0.717) is 25.7 Å². The van der Waals surface area contributed by atoms with Gasteiger partial charge in [0.05, 0.1) is 6.04 Å². The summed E-state index contributed by atoms with van der Waals surface area (Å²) in [5.74, 6) is -3.64. The Balaban J connectivity index is 1.74. The van der Waals surface area contributed by atoms with E-state index in [2.05, 4.69) is 10.6 Å². The van der Waals surface area contributed by atoms with Gasteiger partial charge in [-0.05, 0) is 45.2 Å². The van der Waals surface area contributed by atoms with Crippen LogP contribution in [-0.4, -0.2) is 72.2 Å². The number of benzene rings is 1. The SMILES string of the molecule is CNC(=O)N1C[C@@H]2CCN(C(=O)C[C@@H](Cc3cc(F)c(F)cc3F)NC(=O)OC(C)(C)C)[C@@H]2C1. The Bertz CT molecular complexity index is 953. The predicted molar refractivity (Wildman–Crippen MR) is 117 cm³/mol. The smallest absolute Gasteiger partial charge is 0.407 e. The van der Waals surface area contributed by atoms with Crippen molar-refractivity contribution in [3.05, 3.63) is 35.1 Å². The summed E-state index contributed by atoms with van der Waals surface area (Å²) in [5, 5.41) is 5.15. The van der Waals surface area contributed by atoms with Crippen LogP contribution in [0.4, 0.5) is 22.8 Å². The lowest BCUT2D eigenvalue weighted by Gasteiger charge is -2.28. The molecule has 2 heterocycles. The number of carbonyl (C=O) groups excluding carboxylic acids is 3. The molecule has 2 fully saturated rings. The van der Waals surface area contributed by atoms with Crippen LogP contribution in [0.1, 0.15) is 39.2 Å². The molecule has 3 atom stereocenters. The molecule has 2 aliphatic rings. The zero-order valence-corrected chi connectivity index (χ0v) is 19.8. The van der Waals surface area contributed by atoms with Crippen molar-refractivity contribution < 1.29 is 32.3 Å². The fraction of sp³-hybridized carbons (Fsp3) is 0.609. The molecule has 4 amide bonds. The summed E-state index contributed by atoms with van der Waals surface area (Å²) in [6, 6.07) is -0.110. The van der Waals surface area contributed by atoms with E-state index in [-0.39, 0.29) is 42.3 Å². The molecule has 34 heavy (non-hydrogen) atoms. The van der Waals surface area contributed by atoms with E-state index in [4.69, 9.17) is 4.74 Å². The van der Waals surface area contributed by atoms with Crippen LogP contribution in [0.3, 0.4) is 0 Å². The van der Waals surface area contributed by atoms with Crippen molar-refractivity contribution in [3.63, 3.8) is 0 Å². The number of hydrogen-bond donors (Lipinski definition) is 2. The van der Waals surface area contributed by atoms with Crippen molar-refractivity contribution >= 4 is 18.0 Å². The molecule has 11 heteroatoms. The summed E-state index contributed by atoms with van der Waals surface area (Å²) in [6.45, 7) is 6.47. The van der Waals surface area contributed by atoms with Gasteiger partial charge in [0.15, 0.2) is 11.6 Å². The summed E-state index contributed by atoms with van der Waals surface area (Å²) in [4.78, 5) is 40.9. The number of alkyl carbamates (subject to hydrolysis) is 1. The van der Waals surface area contributed by atoms with E-state index in [1.54, 1.807) is 37.6 Å². The van der Waals surface area contributed by atoms with E-state index < -0.39 is 35.2 Å². The van der Waals surface area contributed by atoms with E-state index in [1.807, 2.05) is 0 Å². The van der Waals surface area contributed by atoms with Crippen molar-refractivity contribution in [1.82, 2.24) is 20.4 Å². The van der Waals surface area contributed by atoms with E-state index in [9.17, 15) is 27.6 Å². The number of urea groups is 1. The highest BCUT2D eigenvalue weighted by molar-refractivity contribution is 5.79. The normalized spacial score (nSPS) is 20.7. The van der Waals surface area contributed by atoms with Crippen LogP contribution >= 0.6 is 0 Å². The lowest BCUT2D eigenvalue weighted by atomic mass is 10.0. The summed E-state index contributed by atoms with van der Waals surface area (Å²) < 4.78 is 46.6. The third kappa shape index (κ3) is 6.12. The van der Waals surface area contributed by atoms with Gasteiger partial charge in [-0.2, -0.15) is 0 Å². The highest BCUT2D eigenvalue weighted by Gasteiger charge is 2.44. The lowest BCUT2D eigenvalue weighted by molar-refractivity contribution is -0.132. The van der Waals surface area contributed by atoms with Gasteiger partial charge in [0.2, 0.25) is 5.91 Å². The standard InChI is InChI=1S/C23H31F3N4O4/c1-23(2,3)34-22(33)28-15(7-14-8-17(25)18(26)10-16(14)24)9-20(31)30-6-5-13-11-29(12-19(13)30)21(32)27-4/h8,10,13,15,19H,5-7,9,11-12H2,1-4H3,(H,27,32)(H,28,33)/t13-,15+,19+/m0/s1. The maximum Gasteiger partial charge on any atom is 0.407 e. The monoisotopic (exact) mass is 484 g/mol. The van der Waals surface area contributed by atoms with Crippen LogP contribution in [0.25, 0.3) is 0 Å². The molecule has 2 saturated heterocycles. The van der Waals surface area contributed by atoms with E-state index >= 15 is 0 Å². The van der Waals surface area contributed by atoms with Gasteiger partial charge in [-0.1, -0.05) is 0 Å². The first kappa shape index (κ1) is 25.6. The minimum absolute atomic E-state index is 0.146. The molecule has 2 aliphatic heterocycles. The molecule has 3 rings (SSSR count). The Morgan fingerprint density at radius 3 is 2.44 bits per heavy atom. The molecule has 188 valence electrons. The van der Waals surface area contributed by atoms with Crippen LogP contribution < -0.4 is 10.6 Å². The number of fused-ring (bicyclic) bond motifs is 1. The molecule has 0 aliphatic carbocycles. The minimum atomic E-state index is -1.32. The quantitative estimate of drug-likeness (QED) is 0.629. The lowest BCUT2D eigenvalue weighted by Crippen LogP contribution is -2.46. The van der Waals surface area contributed by atoms with Gasteiger partial charge in [-0.25, -0.2) is 22.8 Å². The van der Waals surface area contributed by atoms with Crippen molar-refractivity contribution in [1.29, 1.82) is 0 Å². The number of carbonyl (C=O) groups is 3. The third-order valence-electron chi connectivity index (χ3n) is 6.07. The molecule has 0 bridgehead atoms. The van der Waals surface area contributed by atoms with Crippen molar-refractivity contribution in [2.45, 2.75) is 57.7 Å². The van der Waals surface area contributed by atoms with Gasteiger partial charge in [0.25, 0.3) is 0 Å². The number of nitrogens with zero attached hydrogens (tertiary/aromatic N) is 2. The summed E-state index contributed by atoms with van der Waals surface area (Å²) in [6.07, 6.45) is -0.494. The number of hydrogen-bond acceptors (Lipinski definition) is 4. The number of rotatable bonds is 5. The Hall–Kier alpha value is -2.98. The average molecular weight is 485 g/mol. The first-order valence-electron chi connectivity index (χ1n) is 11.3. The Kier molecular flexibility index (Phi) is 7.62.